The van der Waals surface area contributed by atoms with E-state index in [2.05, 4.69) is 0 Å². The summed E-state index contributed by atoms with van der Waals surface area (Å²) in [7, 11) is 0. The molecule has 0 N–H and O–H groups in total. The van der Waals surface area contributed by atoms with Crippen LogP contribution >= 0.6 is 11.6 Å². The van der Waals surface area contributed by atoms with E-state index >= 15 is 0 Å². The molecule has 0 amide bonds. The Bertz CT molecular complexity index is 578. The molecule has 0 heterocycles. The van der Waals surface area contributed by atoms with E-state index in [9.17, 15) is 9.18 Å². The van der Waals surface area contributed by atoms with Crippen LogP contribution in [0.4, 0.5) is 4.39 Å². The van der Waals surface area contributed by atoms with Crippen LogP contribution in [0, 0.1) is 5.82 Å². The molecule has 0 aromatic heterocycles. The molecule has 20 heavy (non-hydrogen) atoms. The van der Waals surface area contributed by atoms with Crippen LogP contribution < -0.4 is 4.74 Å². The molecule has 2 aromatic rings. The van der Waals surface area contributed by atoms with Crippen molar-refractivity contribution in [2.75, 3.05) is 6.61 Å². The highest BCUT2D eigenvalue weighted by Gasteiger charge is 2.19. The number of Topliss-reactive ketones (excluding diaryl/α,β-unsaturated/α-hetero) is 1. The van der Waals surface area contributed by atoms with Gasteiger partial charge in [0.1, 0.15) is 16.9 Å². The molecule has 2 nitrogen and oxygen atoms in total. The first-order valence-electron chi connectivity index (χ1n) is 6.28. The summed E-state index contributed by atoms with van der Waals surface area (Å²) in [5.74, 6) is 0.129. The third-order valence-corrected chi connectivity index (χ3v) is 3.29. The van der Waals surface area contributed by atoms with Gasteiger partial charge < -0.3 is 4.74 Å². The fourth-order valence-electron chi connectivity index (χ4n) is 1.81. The highest BCUT2D eigenvalue weighted by Crippen LogP contribution is 2.26. The van der Waals surface area contributed by atoms with Crippen molar-refractivity contribution < 1.29 is 13.9 Å². The molecule has 0 bridgehead atoms. The number of ketones is 1. The summed E-state index contributed by atoms with van der Waals surface area (Å²) in [5.41, 5.74) is 1.07. The lowest BCUT2D eigenvalue weighted by Gasteiger charge is -2.10. The average Bonchev–Trinajstić information content (AvgIpc) is 2.48. The molecule has 0 fully saturated rings. The van der Waals surface area contributed by atoms with Gasteiger partial charge >= 0.3 is 0 Å². The molecule has 104 valence electrons. The highest BCUT2D eigenvalue weighted by atomic mass is 35.5. The number of carbonyl (C=O) groups is 1. The van der Waals surface area contributed by atoms with Crippen molar-refractivity contribution in [2.24, 2.45) is 0 Å². The van der Waals surface area contributed by atoms with Crippen molar-refractivity contribution in [3.8, 4) is 5.75 Å². The van der Waals surface area contributed by atoms with E-state index in [1.807, 2.05) is 6.92 Å². The Hall–Kier alpha value is -1.87. The van der Waals surface area contributed by atoms with Crippen molar-refractivity contribution in [3.63, 3.8) is 0 Å². The number of alkyl halides is 1. The fraction of sp³-hybridized carbons (Fsp3) is 0.188. The summed E-state index contributed by atoms with van der Waals surface area (Å²) in [6.07, 6.45) is 0. The molecule has 0 aliphatic heterocycles. The minimum absolute atomic E-state index is 0.221. The van der Waals surface area contributed by atoms with Crippen molar-refractivity contribution in [1.82, 2.24) is 0 Å². The Kier molecular flexibility index (Phi) is 4.74. The van der Waals surface area contributed by atoms with E-state index in [0.717, 1.165) is 0 Å². The molecule has 2 rings (SSSR count). The molecular weight excluding hydrogens is 279 g/mol. The van der Waals surface area contributed by atoms with Crippen LogP contribution in [-0.2, 0) is 0 Å². The Labute approximate surface area is 122 Å². The van der Waals surface area contributed by atoms with Gasteiger partial charge in [-0.3, -0.25) is 4.79 Å². The zero-order chi connectivity index (χ0) is 14.5. The number of benzene rings is 2. The summed E-state index contributed by atoms with van der Waals surface area (Å²) >= 11 is 6.14. The predicted molar refractivity (Wildman–Crippen MR) is 76.9 cm³/mol. The lowest BCUT2D eigenvalue weighted by Crippen LogP contribution is -2.07. The van der Waals surface area contributed by atoms with E-state index in [1.54, 1.807) is 24.3 Å². The normalized spacial score (nSPS) is 11.9. The van der Waals surface area contributed by atoms with Crippen LogP contribution in [0.1, 0.15) is 28.2 Å². The van der Waals surface area contributed by atoms with Gasteiger partial charge in [-0.1, -0.05) is 12.1 Å². The lowest BCUT2D eigenvalue weighted by atomic mass is 10.0. The second-order valence-electron chi connectivity index (χ2n) is 4.24. The summed E-state index contributed by atoms with van der Waals surface area (Å²) in [6.45, 7) is 2.46. The highest BCUT2D eigenvalue weighted by molar-refractivity contribution is 6.33. The molecule has 0 saturated carbocycles. The van der Waals surface area contributed by atoms with Crippen molar-refractivity contribution >= 4 is 17.4 Å². The first kappa shape index (κ1) is 14.5. The smallest absolute Gasteiger partial charge is 0.185 e. The number of hydrogen-bond donors (Lipinski definition) is 0. The number of carbonyl (C=O) groups excluding carboxylic acids is 1. The maximum atomic E-state index is 12.8. The predicted octanol–water partition coefficient (Wildman–Crippen LogP) is 4.39. The minimum Gasteiger partial charge on any atom is -0.494 e. The van der Waals surface area contributed by atoms with Crippen LogP contribution in [0.15, 0.2) is 48.5 Å². The third kappa shape index (κ3) is 3.36. The van der Waals surface area contributed by atoms with E-state index in [1.165, 1.54) is 24.3 Å². The van der Waals surface area contributed by atoms with Gasteiger partial charge in [-0.25, -0.2) is 4.39 Å². The Balaban J connectivity index is 2.15. The van der Waals surface area contributed by atoms with Crippen LogP contribution in [0.3, 0.4) is 0 Å². The summed E-state index contributed by atoms with van der Waals surface area (Å²) in [5, 5.41) is -0.825. The van der Waals surface area contributed by atoms with Crippen molar-refractivity contribution in [2.45, 2.75) is 12.3 Å². The first-order chi connectivity index (χ1) is 9.61. The second kappa shape index (κ2) is 6.53. The molecule has 0 aliphatic carbocycles. The Morgan fingerprint density at radius 2 is 1.75 bits per heavy atom. The molecular formula is C16H14ClFO2. The van der Waals surface area contributed by atoms with Gasteiger partial charge in [-0.2, -0.15) is 0 Å². The maximum absolute atomic E-state index is 12.8. The number of rotatable bonds is 5. The van der Waals surface area contributed by atoms with Crippen molar-refractivity contribution in [1.29, 1.82) is 0 Å². The van der Waals surface area contributed by atoms with E-state index < -0.39 is 5.38 Å². The summed E-state index contributed by atoms with van der Waals surface area (Å²) < 4.78 is 18.2. The van der Waals surface area contributed by atoms with Gasteiger partial charge in [0.05, 0.1) is 6.61 Å². The molecule has 0 saturated heterocycles. The summed E-state index contributed by atoms with van der Waals surface area (Å²) in [4.78, 5) is 12.2. The van der Waals surface area contributed by atoms with E-state index in [-0.39, 0.29) is 11.6 Å². The molecule has 0 radical (unpaired) electrons. The second-order valence-corrected chi connectivity index (χ2v) is 4.67. The van der Waals surface area contributed by atoms with Crippen LogP contribution in [0.2, 0.25) is 0 Å². The third-order valence-electron chi connectivity index (χ3n) is 2.84. The van der Waals surface area contributed by atoms with Gasteiger partial charge in [-0.15, -0.1) is 11.6 Å². The lowest BCUT2D eigenvalue weighted by molar-refractivity contribution is 0.0987. The van der Waals surface area contributed by atoms with Crippen LogP contribution in [0.5, 0.6) is 5.75 Å². The molecule has 1 unspecified atom stereocenters. The SMILES string of the molecule is CCOc1ccc(C(=O)C(Cl)c2ccc(F)cc2)cc1. The first-order valence-corrected chi connectivity index (χ1v) is 6.72. The Morgan fingerprint density at radius 3 is 2.30 bits per heavy atom. The maximum Gasteiger partial charge on any atom is 0.185 e. The van der Waals surface area contributed by atoms with E-state index in [4.69, 9.17) is 16.3 Å². The van der Waals surface area contributed by atoms with Gasteiger partial charge in [0, 0.05) is 5.56 Å². The number of ether oxygens (including phenoxy) is 1. The largest absolute Gasteiger partial charge is 0.494 e. The molecule has 4 heteroatoms. The topological polar surface area (TPSA) is 26.3 Å². The molecule has 0 spiro atoms. The van der Waals surface area contributed by atoms with E-state index in [0.29, 0.717) is 23.5 Å². The fourth-order valence-corrected chi connectivity index (χ4v) is 2.08. The van der Waals surface area contributed by atoms with Gasteiger partial charge in [0.2, 0.25) is 0 Å². The molecule has 1 atom stereocenters. The quantitative estimate of drug-likeness (QED) is 0.603. The van der Waals surface area contributed by atoms with Crippen LogP contribution in [-0.4, -0.2) is 12.4 Å². The Morgan fingerprint density at radius 1 is 1.15 bits per heavy atom. The van der Waals surface area contributed by atoms with Gasteiger partial charge in [0.25, 0.3) is 0 Å². The number of halogens is 2. The van der Waals surface area contributed by atoms with Crippen LogP contribution in [0.25, 0.3) is 0 Å². The van der Waals surface area contributed by atoms with Gasteiger partial charge in [-0.05, 0) is 48.9 Å². The minimum atomic E-state index is -0.825. The zero-order valence-electron chi connectivity index (χ0n) is 11.0. The van der Waals surface area contributed by atoms with Crippen molar-refractivity contribution in [3.05, 3.63) is 65.5 Å². The summed E-state index contributed by atoms with van der Waals surface area (Å²) in [6, 6.07) is 12.4. The van der Waals surface area contributed by atoms with Gasteiger partial charge in [0.15, 0.2) is 5.78 Å². The average molecular weight is 293 g/mol. The standard InChI is InChI=1S/C16H14ClFO2/c1-2-20-14-9-5-12(6-10-14)16(19)15(17)11-3-7-13(18)8-4-11/h3-10,15H,2H2,1H3. The molecule has 0 aliphatic rings. The molecule has 2 aromatic carbocycles. The monoisotopic (exact) mass is 292 g/mol. The number of hydrogen-bond acceptors (Lipinski definition) is 2. The zero-order valence-corrected chi connectivity index (χ0v) is 11.7.